The van der Waals surface area contributed by atoms with Gasteiger partial charge < -0.3 is 30.7 Å². The molecule has 20 heavy (non-hydrogen) atoms. The van der Waals surface area contributed by atoms with E-state index >= 15 is 0 Å². The Hall–Kier alpha value is -1.48. The number of hydrogen-bond donors (Lipinski definition) is 5. The first kappa shape index (κ1) is 14.9. The average molecular weight is 286 g/mol. The molecule has 3 aliphatic heterocycles. The molecule has 3 rings (SSSR count). The highest BCUT2D eigenvalue weighted by molar-refractivity contribution is 6.01. The Morgan fingerprint density at radius 3 is 2.85 bits per heavy atom. The van der Waals surface area contributed by atoms with E-state index in [2.05, 4.69) is 17.2 Å². The van der Waals surface area contributed by atoms with Crippen molar-refractivity contribution in [3.8, 4) is 0 Å². The van der Waals surface area contributed by atoms with Crippen LogP contribution >= 0.6 is 0 Å². The van der Waals surface area contributed by atoms with Crippen LogP contribution in [0.2, 0.25) is 0 Å². The smallest absolute Gasteiger partial charge is 0.277 e. The normalized spacial score (nSPS) is 34.6. The van der Waals surface area contributed by atoms with Gasteiger partial charge in [-0.2, -0.15) is 0 Å². The van der Waals surface area contributed by atoms with Crippen LogP contribution in [0, 0.1) is 0 Å². The molecule has 0 spiro atoms. The molecule has 2 amide bonds. The molecule has 4 atom stereocenters. The lowest BCUT2D eigenvalue weighted by atomic mass is 9.86. The number of amides is 2. The maximum absolute atomic E-state index is 12.2. The fourth-order valence-corrected chi connectivity index (χ4v) is 2.29. The lowest BCUT2D eigenvalue weighted by Gasteiger charge is -2.47. The van der Waals surface area contributed by atoms with Crippen molar-refractivity contribution in [1.82, 2.24) is 10.6 Å². The summed E-state index contributed by atoms with van der Waals surface area (Å²) >= 11 is 0. The van der Waals surface area contributed by atoms with Gasteiger partial charge in [-0.3, -0.25) is 9.59 Å². The van der Waals surface area contributed by atoms with Crippen molar-refractivity contribution in [2.45, 2.75) is 36.8 Å². The monoisotopic (exact) mass is 286 g/mol. The molecule has 5 N–H and O–H groups in total. The van der Waals surface area contributed by atoms with Crippen LogP contribution in [0.25, 0.3) is 0 Å². The Morgan fingerprint density at radius 1 is 1.60 bits per heavy atom. The Morgan fingerprint density at radius 2 is 2.25 bits per heavy atom. The van der Waals surface area contributed by atoms with E-state index in [1.807, 2.05) is 0 Å². The van der Waals surface area contributed by atoms with E-state index in [4.69, 9.17) is 9.84 Å². The van der Waals surface area contributed by atoms with Crippen molar-refractivity contribution in [2.75, 3.05) is 13.2 Å². The van der Waals surface area contributed by atoms with Crippen LogP contribution in [-0.4, -0.2) is 63.8 Å². The fourth-order valence-electron chi connectivity index (χ4n) is 2.29. The molecule has 0 aromatic heterocycles. The quantitative estimate of drug-likeness (QED) is 0.361. The molecule has 3 aliphatic rings. The molecule has 8 nitrogen and oxygen atoms in total. The van der Waals surface area contributed by atoms with Gasteiger partial charge in [0.05, 0.1) is 13.2 Å². The minimum Gasteiger partial charge on any atom is -0.393 e. The van der Waals surface area contributed by atoms with Crippen LogP contribution in [0.5, 0.6) is 0 Å². The largest absolute Gasteiger partial charge is 0.393 e. The van der Waals surface area contributed by atoms with E-state index in [1.165, 1.54) is 0 Å². The number of nitrogens with one attached hydrogen (secondary N) is 2. The van der Waals surface area contributed by atoms with Crippen molar-refractivity contribution in [2.24, 2.45) is 0 Å². The second-order valence-corrected chi connectivity index (χ2v) is 5.31. The molecule has 0 unspecified atom stereocenters. The number of piperazine rings is 1. The maximum Gasteiger partial charge on any atom is 0.277 e. The maximum atomic E-state index is 12.2. The fraction of sp³-hybridized carbons (Fsp3) is 0.667. The standard InChI is InChI=1S/C12H18N2O6/c1-6-3-4-20-12(9(17)11(2,19)5-15)10(18)13-7(6)8(16)14-12/h7,9,15,17,19H,1,3-5H2,2H3,(H,13,18)(H,14,16)/t7-,9-,11-,12-/m0/s1. The molecule has 3 fully saturated rings. The van der Waals surface area contributed by atoms with Crippen LogP contribution in [0.15, 0.2) is 12.2 Å². The molecule has 3 saturated heterocycles. The molecule has 112 valence electrons. The number of ether oxygens (including phenoxy) is 1. The molecule has 0 aliphatic carbocycles. The van der Waals surface area contributed by atoms with Gasteiger partial charge in [0.2, 0.25) is 5.91 Å². The molecular weight excluding hydrogens is 268 g/mol. The highest BCUT2D eigenvalue weighted by Gasteiger charge is 2.59. The number of carbonyl (C=O) groups is 2. The Labute approximate surface area is 115 Å². The first-order chi connectivity index (χ1) is 9.24. The summed E-state index contributed by atoms with van der Waals surface area (Å²) in [6.45, 7) is 4.08. The zero-order valence-electron chi connectivity index (χ0n) is 11.0. The van der Waals surface area contributed by atoms with Gasteiger partial charge in [-0.25, -0.2) is 0 Å². The molecular formula is C12H18N2O6. The average Bonchev–Trinajstić information content (AvgIpc) is 2.39. The summed E-state index contributed by atoms with van der Waals surface area (Å²) in [5, 5.41) is 34.0. The number of carbonyl (C=O) groups excluding carboxylic acids is 2. The Bertz CT molecular complexity index is 463. The van der Waals surface area contributed by atoms with Crippen LogP contribution in [-0.2, 0) is 14.3 Å². The van der Waals surface area contributed by atoms with Crippen LogP contribution < -0.4 is 10.6 Å². The topological polar surface area (TPSA) is 128 Å². The SMILES string of the molecule is C=C1CCO[C@]2([C@@H](O)[C@@](C)(O)CO)NC(=O)[C@H]1NC2=O. The van der Waals surface area contributed by atoms with Crippen molar-refractivity contribution in [3.63, 3.8) is 0 Å². The summed E-state index contributed by atoms with van der Waals surface area (Å²) in [6, 6.07) is -0.884. The summed E-state index contributed by atoms with van der Waals surface area (Å²) in [5.41, 5.74) is -3.65. The molecule has 8 heteroatoms. The molecule has 0 aromatic rings. The minimum absolute atomic E-state index is 0.0433. The van der Waals surface area contributed by atoms with Gasteiger partial charge in [-0.05, 0) is 18.9 Å². The zero-order valence-corrected chi connectivity index (χ0v) is 11.0. The van der Waals surface area contributed by atoms with E-state index in [-0.39, 0.29) is 6.61 Å². The molecule has 0 saturated carbocycles. The highest BCUT2D eigenvalue weighted by Crippen LogP contribution is 2.29. The molecule has 3 heterocycles. The van der Waals surface area contributed by atoms with Gasteiger partial charge in [-0.1, -0.05) is 6.58 Å². The predicted octanol–water partition coefficient (Wildman–Crippen LogP) is -2.62. The first-order valence-electron chi connectivity index (χ1n) is 6.20. The number of fused-ring (bicyclic) bond motifs is 5. The summed E-state index contributed by atoms with van der Waals surface area (Å²) in [6.07, 6.45) is -1.51. The van der Waals surface area contributed by atoms with Crippen LogP contribution in [0.3, 0.4) is 0 Å². The minimum atomic E-state index is -2.12. The third kappa shape index (κ3) is 2.10. The summed E-state index contributed by atoms with van der Waals surface area (Å²) in [5.74, 6) is -1.37. The summed E-state index contributed by atoms with van der Waals surface area (Å²) < 4.78 is 5.33. The van der Waals surface area contributed by atoms with Crippen molar-refractivity contribution < 1.29 is 29.6 Å². The Kier molecular flexibility index (Phi) is 3.59. The highest BCUT2D eigenvalue weighted by atomic mass is 16.5. The van der Waals surface area contributed by atoms with Crippen molar-refractivity contribution in [3.05, 3.63) is 12.2 Å². The lowest BCUT2D eigenvalue weighted by molar-refractivity contribution is -0.220. The van der Waals surface area contributed by atoms with Gasteiger partial charge in [0.15, 0.2) is 0 Å². The zero-order chi connectivity index (χ0) is 15.1. The summed E-state index contributed by atoms with van der Waals surface area (Å²) in [4.78, 5) is 24.2. The second-order valence-electron chi connectivity index (χ2n) is 5.31. The number of aliphatic hydroxyl groups is 3. The molecule has 0 radical (unpaired) electrons. The Balaban J connectivity index is 2.41. The van der Waals surface area contributed by atoms with E-state index in [1.54, 1.807) is 0 Å². The number of hydrogen-bond acceptors (Lipinski definition) is 6. The van der Waals surface area contributed by atoms with Crippen molar-refractivity contribution >= 4 is 11.8 Å². The first-order valence-corrected chi connectivity index (χ1v) is 6.20. The lowest BCUT2D eigenvalue weighted by Crippen LogP contribution is -2.79. The third-order valence-corrected chi connectivity index (χ3v) is 3.64. The van der Waals surface area contributed by atoms with Crippen LogP contribution in [0.1, 0.15) is 13.3 Å². The molecule has 0 aromatic carbocycles. The van der Waals surface area contributed by atoms with Gasteiger partial charge >= 0.3 is 0 Å². The van der Waals surface area contributed by atoms with Crippen molar-refractivity contribution in [1.29, 1.82) is 0 Å². The van der Waals surface area contributed by atoms with Crippen LogP contribution in [0.4, 0.5) is 0 Å². The van der Waals surface area contributed by atoms with Gasteiger partial charge in [0.25, 0.3) is 11.6 Å². The summed E-state index contributed by atoms with van der Waals surface area (Å²) in [7, 11) is 0. The van der Waals surface area contributed by atoms with Gasteiger partial charge in [-0.15, -0.1) is 0 Å². The third-order valence-electron chi connectivity index (χ3n) is 3.64. The molecule has 2 bridgehead atoms. The number of aliphatic hydroxyl groups excluding tert-OH is 2. The number of rotatable bonds is 3. The van der Waals surface area contributed by atoms with E-state index in [0.29, 0.717) is 12.0 Å². The van der Waals surface area contributed by atoms with Gasteiger partial charge in [0.1, 0.15) is 17.7 Å². The van der Waals surface area contributed by atoms with E-state index in [9.17, 15) is 19.8 Å². The second kappa shape index (κ2) is 4.81. The van der Waals surface area contributed by atoms with E-state index in [0.717, 1.165) is 6.92 Å². The van der Waals surface area contributed by atoms with Gasteiger partial charge in [0, 0.05) is 0 Å². The van der Waals surface area contributed by atoms with E-state index < -0.39 is 41.9 Å². The predicted molar refractivity (Wildman–Crippen MR) is 66.2 cm³/mol.